The minimum absolute atomic E-state index is 0.0102. The van der Waals surface area contributed by atoms with Gasteiger partial charge in [-0.2, -0.15) is 0 Å². The average molecular weight is 284 g/mol. The Hall–Kier alpha value is -1.63. The molecule has 7 heteroatoms. The fourth-order valence-electron chi connectivity index (χ4n) is 2.24. The molecule has 114 valence electrons. The summed E-state index contributed by atoms with van der Waals surface area (Å²) in [6.45, 7) is 8.01. The molecule has 1 rings (SSSR count). The summed E-state index contributed by atoms with van der Waals surface area (Å²) in [6, 6.07) is -0.759. The van der Waals surface area contributed by atoms with E-state index in [0.29, 0.717) is 6.54 Å². The molecule has 0 radical (unpaired) electrons. The van der Waals surface area contributed by atoms with Crippen molar-refractivity contribution in [3.05, 3.63) is 0 Å². The second-order valence-electron chi connectivity index (χ2n) is 5.99. The average Bonchev–Trinajstić information content (AvgIpc) is 2.66. The van der Waals surface area contributed by atoms with Crippen molar-refractivity contribution in [2.45, 2.75) is 45.7 Å². The highest BCUT2D eigenvalue weighted by Gasteiger charge is 2.37. The first-order valence-corrected chi connectivity index (χ1v) is 6.76. The molecular weight excluding hydrogens is 260 g/mol. The van der Waals surface area contributed by atoms with E-state index in [1.54, 1.807) is 4.90 Å². The number of urea groups is 1. The van der Waals surface area contributed by atoms with E-state index in [9.17, 15) is 14.4 Å². The molecule has 20 heavy (non-hydrogen) atoms. The van der Waals surface area contributed by atoms with E-state index in [-0.39, 0.29) is 42.9 Å². The van der Waals surface area contributed by atoms with Crippen molar-refractivity contribution in [2.24, 2.45) is 5.73 Å². The number of likely N-dealkylation sites (tertiary alicyclic amines) is 1. The Morgan fingerprint density at radius 2 is 2.05 bits per heavy atom. The van der Waals surface area contributed by atoms with Gasteiger partial charge in [0.2, 0.25) is 11.8 Å². The lowest BCUT2D eigenvalue weighted by Gasteiger charge is -2.32. The van der Waals surface area contributed by atoms with Crippen LogP contribution in [0.2, 0.25) is 0 Å². The Bertz CT molecular complexity index is 403. The number of carbonyl (C=O) groups excluding carboxylic acids is 3. The van der Waals surface area contributed by atoms with Gasteiger partial charge in [0.05, 0.1) is 6.04 Å². The molecule has 0 saturated carbocycles. The molecule has 1 atom stereocenters. The van der Waals surface area contributed by atoms with E-state index in [1.165, 1.54) is 6.92 Å². The zero-order chi connectivity index (χ0) is 15.5. The number of nitrogens with zero attached hydrogens (tertiary/aromatic N) is 2. The lowest BCUT2D eigenvalue weighted by molar-refractivity contribution is -0.131. The van der Waals surface area contributed by atoms with Crippen LogP contribution in [0.25, 0.3) is 0 Å². The Labute approximate surface area is 119 Å². The van der Waals surface area contributed by atoms with E-state index in [4.69, 9.17) is 5.73 Å². The van der Waals surface area contributed by atoms with E-state index in [2.05, 4.69) is 5.32 Å². The first-order chi connectivity index (χ1) is 9.16. The third-order valence-electron chi connectivity index (χ3n) is 3.24. The third-order valence-corrected chi connectivity index (χ3v) is 3.24. The number of hydrogen-bond acceptors (Lipinski definition) is 4. The smallest absolute Gasteiger partial charge is 0.324 e. The van der Waals surface area contributed by atoms with Gasteiger partial charge in [-0.1, -0.05) is 0 Å². The van der Waals surface area contributed by atoms with Crippen molar-refractivity contribution >= 4 is 17.8 Å². The van der Waals surface area contributed by atoms with Gasteiger partial charge in [-0.3, -0.25) is 14.5 Å². The van der Waals surface area contributed by atoms with Gasteiger partial charge in [-0.15, -0.1) is 0 Å². The monoisotopic (exact) mass is 284 g/mol. The SMILES string of the molecule is CC(=O)N(CCN)C(=O)NC1CC(=O)N(C(C)(C)C)C1. The lowest BCUT2D eigenvalue weighted by atomic mass is 10.1. The maximum absolute atomic E-state index is 12.0. The van der Waals surface area contributed by atoms with Gasteiger partial charge in [0.1, 0.15) is 0 Å². The molecule has 1 heterocycles. The van der Waals surface area contributed by atoms with E-state index in [1.807, 2.05) is 20.8 Å². The van der Waals surface area contributed by atoms with Gasteiger partial charge < -0.3 is 16.0 Å². The fourth-order valence-corrected chi connectivity index (χ4v) is 2.24. The second kappa shape index (κ2) is 6.21. The highest BCUT2D eigenvalue weighted by molar-refractivity contribution is 5.93. The van der Waals surface area contributed by atoms with Crippen LogP contribution in [0.5, 0.6) is 0 Å². The normalized spacial score (nSPS) is 19.1. The number of amides is 4. The van der Waals surface area contributed by atoms with Gasteiger partial charge in [0.25, 0.3) is 0 Å². The van der Waals surface area contributed by atoms with Crippen LogP contribution in [-0.4, -0.2) is 58.9 Å². The molecular formula is C13H24N4O3. The van der Waals surface area contributed by atoms with Crippen LogP contribution in [-0.2, 0) is 9.59 Å². The molecule has 1 saturated heterocycles. The summed E-state index contributed by atoms with van der Waals surface area (Å²) in [6.07, 6.45) is 0.261. The predicted molar refractivity (Wildman–Crippen MR) is 74.8 cm³/mol. The Kier molecular flexibility index (Phi) is 5.10. The summed E-state index contributed by atoms with van der Waals surface area (Å²) in [5.41, 5.74) is 5.11. The van der Waals surface area contributed by atoms with Gasteiger partial charge >= 0.3 is 6.03 Å². The summed E-state index contributed by atoms with van der Waals surface area (Å²) < 4.78 is 0. The number of nitrogens with two attached hydrogens (primary N) is 1. The van der Waals surface area contributed by atoms with Crippen molar-refractivity contribution in [1.82, 2.24) is 15.1 Å². The van der Waals surface area contributed by atoms with Crippen molar-refractivity contribution in [3.63, 3.8) is 0 Å². The van der Waals surface area contributed by atoms with Gasteiger partial charge in [0, 0.05) is 38.5 Å². The van der Waals surface area contributed by atoms with Gasteiger partial charge in [-0.25, -0.2) is 4.79 Å². The molecule has 0 aromatic carbocycles. The first kappa shape index (κ1) is 16.4. The molecule has 0 aromatic rings. The van der Waals surface area contributed by atoms with Crippen LogP contribution in [0, 0.1) is 0 Å². The molecule has 0 aliphatic carbocycles. The Morgan fingerprint density at radius 1 is 1.45 bits per heavy atom. The number of nitrogens with one attached hydrogen (secondary N) is 1. The minimum Gasteiger partial charge on any atom is -0.336 e. The second-order valence-corrected chi connectivity index (χ2v) is 5.99. The molecule has 0 bridgehead atoms. The number of carbonyl (C=O) groups is 3. The number of imide groups is 1. The van der Waals surface area contributed by atoms with Crippen molar-refractivity contribution in [3.8, 4) is 0 Å². The van der Waals surface area contributed by atoms with Gasteiger partial charge in [-0.05, 0) is 20.8 Å². The van der Waals surface area contributed by atoms with Crippen LogP contribution in [0.3, 0.4) is 0 Å². The summed E-state index contributed by atoms with van der Waals surface area (Å²) in [5.74, 6) is -0.346. The largest absolute Gasteiger partial charge is 0.336 e. The molecule has 3 N–H and O–H groups in total. The van der Waals surface area contributed by atoms with Crippen LogP contribution < -0.4 is 11.1 Å². The summed E-state index contributed by atoms with van der Waals surface area (Å²) >= 11 is 0. The topological polar surface area (TPSA) is 95.7 Å². The predicted octanol–water partition coefficient (Wildman–Crippen LogP) is -0.0974. The van der Waals surface area contributed by atoms with Crippen LogP contribution >= 0.6 is 0 Å². The first-order valence-electron chi connectivity index (χ1n) is 6.76. The highest BCUT2D eigenvalue weighted by Crippen LogP contribution is 2.21. The maximum atomic E-state index is 12.0. The summed E-state index contributed by atoms with van der Waals surface area (Å²) in [5, 5.41) is 2.73. The van der Waals surface area contributed by atoms with Crippen LogP contribution in [0.1, 0.15) is 34.1 Å². The quantitative estimate of drug-likeness (QED) is 0.756. The molecule has 1 unspecified atom stereocenters. The van der Waals surface area contributed by atoms with Crippen molar-refractivity contribution in [1.29, 1.82) is 0 Å². The maximum Gasteiger partial charge on any atom is 0.324 e. The minimum atomic E-state index is -0.489. The summed E-state index contributed by atoms with van der Waals surface area (Å²) in [4.78, 5) is 38.1. The van der Waals surface area contributed by atoms with Gasteiger partial charge in [0.15, 0.2) is 0 Å². The molecule has 7 nitrogen and oxygen atoms in total. The molecule has 0 aromatic heterocycles. The molecule has 1 aliphatic heterocycles. The summed E-state index contributed by atoms with van der Waals surface area (Å²) in [7, 11) is 0. The Balaban J connectivity index is 2.64. The molecule has 0 spiro atoms. The van der Waals surface area contributed by atoms with E-state index >= 15 is 0 Å². The highest BCUT2D eigenvalue weighted by atomic mass is 16.2. The number of rotatable bonds is 3. The zero-order valence-electron chi connectivity index (χ0n) is 12.6. The van der Waals surface area contributed by atoms with Crippen LogP contribution in [0.15, 0.2) is 0 Å². The van der Waals surface area contributed by atoms with Crippen LogP contribution in [0.4, 0.5) is 4.79 Å². The standard InChI is InChI=1S/C13H24N4O3/c1-9(18)16(6-5-14)12(20)15-10-7-11(19)17(8-10)13(2,3)4/h10H,5-8,14H2,1-4H3,(H,15,20). The lowest BCUT2D eigenvalue weighted by Crippen LogP contribution is -2.50. The molecule has 1 fully saturated rings. The van der Waals surface area contributed by atoms with Crippen molar-refractivity contribution < 1.29 is 14.4 Å². The third kappa shape index (κ3) is 3.93. The van der Waals surface area contributed by atoms with E-state index < -0.39 is 6.03 Å². The van der Waals surface area contributed by atoms with E-state index in [0.717, 1.165) is 4.90 Å². The molecule has 1 aliphatic rings. The van der Waals surface area contributed by atoms with Crippen molar-refractivity contribution in [2.75, 3.05) is 19.6 Å². The molecule has 4 amide bonds. The zero-order valence-corrected chi connectivity index (χ0v) is 12.6. The Morgan fingerprint density at radius 3 is 2.45 bits per heavy atom. The number of hydrogen-bond donors (Lipinski definition) is 2. The fraction of sp³-hybridized carbons (Fsp3) is 0.769.